The second-order valence-electron chi connectivity index (χ2n) is 7.07. The predicted molar refractivity (Wildman–Crippen MR) is 112 cm³/mol. The van der Waals surface area contributed by atoms with Crippen LogP contribution in [-0.2, 0) is 4.79 Å². The van der Waals surface area contributed by atoms with E-state index in [4.69, 9.17) is 21.7 Å². The Bertz CT molecular complexity index is 931. The molecule has 1 N–H and O–H groups in total. The molecule has 1 amide bonds. The van der Waals surface area contributed by atoms with Gasteiger partial charge in [-0.25, -0.2) is 4.39 Å². The lowest BCUT2D eigenvalue weighted by molar-refractivity contribution is -0.142. The quantitative estimate of drug-likeness (QED) is 0.762. The fraction of sp³-hybridized carbons (Fsp3) is 0.333. The first-order valence-electron chi connectivity index (χ1n) is 9.50. The summed E-state index contributed by atoms with van der Waals surface area (Å²) < 4.78 is 25.2. The Balaban J connectivity index is 1.30. The number of carbonyl (C=O) groups excluding carboxylic acids is 1. The van der Waals surface area contributed by atoms with Crippen molar-refractivity contribution in [1.29, 1.82) is 0 Å². The van der Waals surface area contributed by atoms with Gasteiger partial charge in [0.25, 0.3) is 5.91 Å². The van der Waals surface area contributed by atoms with Crippen molar-refractivity contribution in [2.75, 3.05) is 38.1 Å². The number of amides is 1. The number of fused-ring (bicyclic) bond motifs is 1. The third-order valence-electron chi connectivity index (χ3n) is 5.09. The Morgan fingerprint density at radius 3 is 2.52 bits per heavy atom. The fourth-order valence-corrected chi connectivity index (χ4v) is 3.65. The summed E-state index contributed by atoms with van der Waals surface area (Å²) in [5.41, 5.74) is 1.20. The molecule has 0 aliphatic carbocycles. The van der Waals surface area contributed by atoms with Crippen LogP contribution in [0.15, 0.2) is 42.5 Å². The van der Waals surface area contributed by atoms with E-state index in [0.29, 0.717) is 54.0 Å². The van der Waals surface area contributed by atoms with Crippen molar-refractivity contribution in [1.82, 2.24) is 9.80 Å². The van der Waals surface area contributed by atoms with Crippen molar-refractivity contribution in [3.63, 3.8) is 0 Å². The molecule has 8 heteroatoms. The molecule has 0 radical (unpaired) electrons. The van der Waals surface area contributed by atoms with Crippen molar-refractivity contribution >= 4 is 28.9 Å². The van der Waals surface area contributed by atoms with Crippen molar-refractivity contribution in [3.8, 4) is 11.5 Å². The van der Waals surface area contributed by atoms with Gasteiger partial charge in [0, 0.05) is 31.9 Å². The van der Waals surface area contributed by atoms with E-state index in [1.54, 1.807) is 30.0 Å². The van der Waals surface area contributed by atoms with Gasteiger partial charge in [0.15, 0.2) is 16.6 Å². The zero-order valence-electron chi connectivity index (χ0n) is 16.1. The Labute approximate surface area is 174 Å². The van der Waals surface area contributed by atoms with Crippen molar-refractivity contribution in [2.24, 2.45) is 0 Å². The van der Waals surface area contributed by atoms with E-state index < -0.39 is 6.10 Å². The number of rotatable bonds is 2. The Hall–Kier alpha value is -2.87. The SMILES string of the molecule is Cc1ccc(NC(=S)N2CCN(C(=O)[C@H]3COc4ccccc4O3)CC2)cc1F. The Morgan fingerprint density at radius 2 is 1.79 bits per heavy atom. The third-order valence-corrected chi connectivity index (χ3v) is 5.45. The van der Waals surface area contributed by atoms with Gasteiger partial charge in [-0.2, -0.15) is 0 Å². The van der Waals surface area contributed by atoms with Crippen LogP contribution in [0.5, 0.6) is 11.5 Å². The summed E-state index contributed by atoms with van der Waals surface area (Å²) in [7, 11) is 0. The summed E-state index contributed by atoms with van der Waals surface area (Å²) >= 11 is 5.45. The normalized spacial score (nSPS) is 18.3. The van der Waals surface area contributed by atoms with Crippen LogP contribution in [0.25, 0.3) is 0 Å². The maximum atomic E-state index is 13.7. The molecular formula is C21H22FN3O3S. The number of hydrogen-bond acceptors (Lipinski definition) is 4. The number of nitrogens with one attached hydrogen (secondary N) is 1. The molecule has 1 atom stereocenters. The molecule has 2 aromatic carbocycles. The number of carbonyl (C=O) groups is 1. The van der Waals surface area contributed by atoms with Crippen molar-refractivity contribution < 1.29 is 18.7 Å². The van der Waals surface area contributed by atoms with Crippen LogP contribution in [0.3, 0.4) is 0 Å². The fourth-order valence-electron chi connectivity index (χ4n) is 3.35. The molecule has 0 bridgehead atoms. The number of benzene rings is 2. The van der Waals surface area contributed by atoms with Crippen LogP contribution in [-0.4, -0.2) is 59.7 Å². The molecule has 2 aliphatic rings. The van der Waals surface area contributed by atoms with E-state index >= 15 is 0 Å². The highest BCUT2D eigenvalue weighted by Crippen LogP contribution is 2.31. The van der Waals surface area contributed by atoms with Crippen molar-refractivity contribution in [3.05, 3.63) is 53.8 Å². The lowest BCUT2D eigenvalue weighted by atomic mass is 10.2. The molecular weight excluding hydrogens is 393 g/mol. The summed E-state index contributed by atoms with van der Waals surface area (Å²) in [6, 6.07) is 12.3. The third kappa shape index (κ3) is 4.27. The van der Waals surface area contributed by atoms with Crippen molar-refractivity contribution in [2.45, 2.75) is 13.0 Å². The van der Waals surface area contributed by atoms with Gasteiger partial charge < -0.3 is 24.6 Å². The molecule has 29 heavy (non-hydrogen) atoms. The van der Waals surface area contributed by atoms with E-state index in [1.807, 2.05) is 23.1 Å². The van der Waals surface area contributed by atoms with Gasteiger partial charge in [-0.15, -0.1) is 0 Å². The first-order chi connectivity index (χ1) is 14.0. The van der Waals surface area contributed by atoms with Crippen LogP contribution in [0.1, 0.15) is 5.56 Å². The summed E-state index contributed by atoms with van der Waals surface area (Å²) in [6.45, 7) is 4.17. The van der Waals surface area contributed by atoms with E-state index in [1.165, 1.54) is 6.07 Å². The average molecular weight is 415 g/mol. The van der Waals surface area contributed by atoms with Gasteiger partial charge in [-0.3, -0.25) is 4.79 Å². The maximum absolute atomic E-state index is 13.7. The van der Waals surface area contributed by atoms with Gasteiger partial charge in [-0.05, 0) is 49.0 Å². The molecule has 0 aromatic heterocycles. The number of piperazine rings is 1. The highest BCUT2D eigenvalue weighted by molar-refractivity contribution is 7.80. The van der Waals surface area contributed by atoms with Crippen LogP contribution in [0.2, 0.25) is 0 Å². The van der Waals surface area contributed by atoms with E-state index in [0.717, 1.165) is 0 Å². The second-order valence-corrected chi connectivity index (χ2v) is 7.46. The number of thiocarbonyl (C=S) groups is 1. The molecule has 152 valence electrons. The van der Waals surface area contributed by atoms with Crippen LogP contribution >= 0.6 is 12.2 Å². The monoisotopic (exact) mass is 415 g/mol. The first kappa shape index (κ1) is 19.4. The number of para-hydroxylation sites is 2. The van der Waals surface area contributed by atoms with E-state index in [-0.39, 0.29) is 18.3 Å². The molecule has 2 aromatic rings. The molecule has 2 aliphatic heterocycles. The minimum atomic E-state index is -0.642. The number of halogens is 1. The number of hydrogen-bond donors (Lipinski definition) is 1. The largest absolute Gasteiger partial charge is 0.485 e. The van der Waals surface area contributed by atoms with Gasteiger partial charge >= 0.3 is 0 Å². The van der Waals surface area contributed by atoms with E-state index in [2.05, 4.69) is 5.32 Å². The molecule has 0 unspecified atom stereocenters. The van der Waals surface area contributed by atoms with Gasteiger partial charge in [0.05, 0.1) is 0 Å². The number of anilines is 1. The zero-order chi connectivity index (χ0) is 20.4. The lowest BCUT2D eigenvalue weighted by Crippen LogP contribution is -2.55. The van der Waals surface area contributed by atoms with Gasteiger partial charge in [0.1, 0.15) is 12.4 Å². The molecule has 1 fully saturated rings. The maximum Gasteiger partial charge on any atom is 0.267 e. The molecule has 4 rings (SSSR count). The van der Waals surface area contributed by atoms with Crippen LogP contribution in [0.4, 0.5) is 10.1 Å². The Kier molecular flexibility index (Phi) is 5.53. The molecule has 2 heterocycles. The second kappa shape index (κ2) is 8.24. The van der Waals surface area contributed by atoms with Crippen LogP contribution in [0, 0.1) is 12.7 Å². The smallest absolute Gasteiger partial charge is 0.267 e. The predicted octanol–water partition coefficient (Wildman–Crippen LogP) is 2.82. The standard InChI is InChI=1S/C21H22FN3O3S/c1-14-6-7-15(12-16(14)22)23-21(29)25-10-8-24(9-11-25)20(26)19-13-27-17-4-2-3-5-18(17)28-19/h2-7,12,19H,8-11,13H2,1H3,(H,23,29)/t19-/m1/s1. The highest BCUT2D eigenvalue weighted by Gasteiger charge is 2.33. The molecule has 6 nitrogen and oxygen atoms in total. The lowest BCUT2D eigenvalue weighted by Gasteiger charge is -2.38. The Morgan fingerprint density at radius 1 is 1.10 bits per heavy atom. The minimum absolute atomic E-state index is 0.0846. The first-order valence-corrected chi connectivity index (χ1v) is 9.91. The molecule has 0 saturated carbocycles. The summed E-state index contributed by atoms with van der Waals surface area (Å²) in [5.74, 6) is 0.889. The summed E-state index contributed by atoms with van der Waals surface area (Å²) in [6.07, 6.45) is -0.642. The minimum Gasteiger partial charge on any atom is -0.485 e. The zero-order valence-corrected chi connectivity index (χ0v) is 16.9. The molecule has 0 spiro atoms. The van der Waals surface area contributed by atoms with Gasteiger partial charge in [-0.1, -0.05) is 18.2 Å². The van der Waals surface area contributed by atoms with Crippen LogP contribution < -0.4 is 14.8 Å². The topological polar surface area (TPSA) is 54.0 Å². The molecule has 1 saturated heterocycles. The number of ether oxygens (including phenoxy) is 2. The van der Waals surface area contributed by atoms with Gasteiger partial charge in [0.2, 0.25) is 6.10 Å². The number of aryl methyl sites for hydroxylation is 1. The van der Waals surface area contributed by atoms with E-state index in [9.17, 15) is 9.18 Å². The summed E-state index contributed by atoms with van der Waals surface area (Å²) in [4.78, 5) is 16.6. The highest BCUT2D eigenvalue weighted by atomic mass is 32.1. The summed E-state index contributed by atoms with van der Waals surface area (Å²) in [5, 5.41) is 3.59. The number of nitrogens with zero attached hydrogens (tertiary/aromatic N) is 2. The average Bonchev–Trinajstić information content (AvgIpc) is 2.75.